The van der Waals surface area contributed by atoms with Crippen LogP contribution in [0.15, 0.2) is 32.5 Å². The third kappa shape index (κ3) is 3.15. The maximum absolute atomic E-state index is 6.42. The third-order valence-corrected chi connectivity index (χ3v) is 6.27. The Bertz CT molecular complexity index is 810. The standard InChI is InChI=1S/C16H15Br2ClN2S/c17-9-7-11-10(3-1-2-5-20)15(16-12(18)4-6-22-16)21-14(11)13(19)8-9/h4,6-8,21H,1-3,5,20H2. The molecule has 2 nitrogen and oxygen atoms in total. The Morgan fingerprint density at radius 3 is 2.73 bits per heavy atom. The van der Waals surface area contributed by atoms with E-state index in [2.05, 4.69) is 54.4 Å². The van der Waals surface area contributed by atoms with Crippen LogP contribution in [-0.4, -0.2) is 11.5 Å². The summed E-state index contributed by atoms with van der Waals surface area (Å²) in [4.78, 5) is 4.74. The second-order valence-electron chi connectivity index (χ2n) is 5.13. The predicted octanol–water partition coefficient (Wildman–Crippen LogP) is 6.36. The van der Waals surface area contributed by atoms with E-state index in [4.69, 9.17) is 17.3 Å². The third-order valence-electron chi connectivity index (χ3n) is 3.66. The van der Waals surface area contributed by atoms with Crippen LogP contribution in [0.3, 0.4) is 0 Å². The van der Waals surface area contributed by atoms with Crippen molar-refractivity contribution >= 4 is 65.7 Å². The molecule has 0 aliphatic carbocycles. The van der Waals surface area contributed by atoms with E-state index < -0.39 is 0 Å². The lowest BCUT2D eigenvalue weighted by Gasteiger charge is -2.04. The summed E-state index contributed by atoms with van der Waals surface area (Å²) in [6.45, 7) is 0.727. The molecular weight excluding hydrogens is 448 g/mol. The van der Waals surface area contributed by atoms with Gasteiger partial charge in [-0.15, -0.1) is 11.3 Å². The molecule has 0 bridgehead atoms. The molecule has 0 unspecified atom stereocenters. The summed E-state index contributed by atoms with van der Waals surface area (Å²) in [6.07, 6.45) is 3.09. The number of halogens is 3. The summed E-state index contributed by atoms with van der Waals surface area (Å²) in [6, 6.07) is 6.14. The van der Waals surface area contributed by atoms with Crippen molar-refractivity contribution < 1.29 is 0 Å². The molecule has 0 aliphatic heterocycles. The van der Waals surface area contributed by atoms with Gasteiger partial charge in [-0.05, 0) is 70.9 Å². The Kier molecular flexibility index (Phi) is 5.30. The van der Waals surface area contributed by atoms with Gasteiger partial charge in [-0.2, -0.15) is 0 Å². The van der Waals surface area contributed by atoms with Crippen LogP contribution in [0.1, 0.15) is 18.4 Å². The smallest absolute Gasteiger partial charge is 0.0658 e. The molecule has 116 valence electrons. The molecule has 0 saturated carbocycles. The van der Waals surface area contributed by atoms with Gasteiger partial charge < -0.3 is 10.7 Å². The Morgan fingerprint density at radius 1 is 1.23 bits per heavy atom. The Balaban J connectivity index is 2.19. The largest absolute Gasteiger partial charge is 0.352 e. The number of nitrogens with one attached hydrogen (secondary N) is 1. The Hall–Kier alpha value is -0.330. The lowest BCUT2D eigenvalue weighted by atomic mass is 10.0. The van der Waals surface area contributed by atoms with Gasteiger partial charge in [-0.3, -0.25) is 0 Å². The van der Waals surface area contributed by atoms with Gasteiger partial charge in [0.2, 0.25) is 0 Å². The second kappa shape index (κ2) is 7.05. The van der Waals surface area contributed by atoms with Gasteiger partial charge in [-0.25, -0.2) is 0 Å². The van der Waals surface area contributed by atoms with Crippen LogP contribution in [0.2, 0.25) is 5.02 Å². The van der Waals surface area contributed by atoms with Gasteiger partial charge in [-0.1, -0.05) is 27.5 Å². The zero-order valence-electron chi connectivity index (χ0n) is 11.8. The van der Waals surface area contributed by atoms with Crippen LogP contribution in [0.4, 0.5) is 0 Å². The topological polar surface area (TPSA) is 41.8 Å². The fraction of sp³-hybridized carbons (Fsp3) is 0.250. The lowest BCUT2D eigenvalue weighted by molar-refractivity contribution is 0.748. The zero-order chi connectivity index (χ0) is 15.7. The van der Waals surface area contributed by atoms with Crippen molar-refractivity contribution in [3.8, 4) is 10.6 Å². The molecule has 3 rings (SSSR count). The highest BCUT2D eigenvalue weighted by atomic mass is 79.9. The first kappa shape index (κ1) is 16.5. The van der Waals surface area contributed by atoms with E-state index in [1.54, 1.807) is 11.3 Å². The highest BCUT2D eigenvalue weighted by Gasteiger charge is 2.18. The molecule has 22 heavy (non-hydrogen) atoms. The summed E-state index contributed by atoms with van der Waals surface area (Å²) in [5.41, 5.74) is 9.12. The number of nitrogens with two attached hydrogens (primary N) is 1. The predicted molar refractivity (Wildman–Crippen MR) is 104 cm³/mol. The maximum Gasteiger partial charge on any atom is 0.0658 e. The fourth-order valence-electron chi connectivity index (χ4n) is 2.65. The first-order valence-electron chi connectivity index (χ1n) is 7.05. The molecule has 0 fully saturated rings. The number of aromatic nitrogens is 1. The summed E-state index contributed by atoms with van der Waals surface area (Å²) >= 11 is 15.3. The summed E-state index contributed by atoms with van der Waals surface area (Å²) in [5, 5.41) is 4.02. The summed E-state index contributed by atoms with van der Waals surface area (Å²) in [5.74, 6) is 0. The quantitative estimate of drug-likeness (QED) is 0.426. The minimum absolute atomic E-state index is 0.727. The van der Waals surface area contributed by atoms with Crippen molar-refractivity contribution in [3.05, 3.63) is 43.1 Å². The highest BCUT2D eigenvalue weighted by molar-refractivity contribution is 9.10. The molecule has 2 heterocycles. The molecule has 3 N–H and O–H groups in total. The van der Waals surface area contributed by atoms with Gasteiger partial charge in [0.25, 0.3) is 0 Å². The van der Waals surface area contributed by atoms with Gasteiger partial charge in [0.1, 0.15) is 0 Å². The lowest BCUT2D eigenvalue weighted by Crippen LogP contribution is -1.99. The molecule has 6 heteroatoms. The van der Waals surface area contributed by atoms with Gasteiger partial charge in [0.15, 0.2) is 0 Å². The van der Waals surface area contributed by atoms with Crippen molar-refractivity contribution in [2.45, 2.75) is 19.3 Å². The molecule has 2 aromatic heterocycles. The number of aryl methyl sites for hydroxylation is 1. The van der Waals surface area contributed by atoms with Crippen molar-refractivity contribution in [2.75, 3.05) is 6.54 Å². The molecule has 1 aromatic carbocycles. The molecule has 3 aromatic rings. The van der Waals surface area contributed by atoms with Crippen LogP contribution in [0.25, 0.3) is 21.5 Å². The first-order valence-corrected chi connectivity index (χ1v) is 9.89. The van der Waals surface area contributed by atoms with Crippen LogP contribution in [0.5, 0.6) is 0 Å². The Labute approximate surface area is 155 Å². The van der Waals surface area contributed by atoms with Crippen molar-refractivity contribution in [2.24, 2.45) is 5.73 Å². The zero-order valence-corrected chi connectivity index (χ0v) is 16.5. The van der Waals surface area contributed by atoms with E-state index in [1.807, 2.05) is 6.07 Å². The SMILES string of the molecule is NCCCCc1c(-c2sccc2Br)[nH]c2c(Cl)cc(Br)cc12. The second-order valence-corrected chi connectivity index (χ2v) is 8.23. The fourth-order valence-corrected chi connectivity index (χ4v) is 5.10. The number of hydrogen-bond donors (Lipinski definition) is 2. The average Bonchev–Trinajstić information content (AvgIpc) is 3.03. The Morgan fingerprint density at radius 2 is 2.05 bits per heavy atom. The first-order chi connectivity index (χ1) is 10.6. The minimum atomic E-state index is 0.727. The molecule has 0 atom stereocenters. The highest BCUT2D eigenvalue weighted by Crippen LogP contribution is 2.41. The van der Waals surface area contributed by atoms with Crippen LogP contribution >= 0.6 is 54.8 Å². The van der Waals surface area contributed by atoms with Crippen molar-refractivity contribution in [3.63, 3.8) is 0 Å². The monoisotopic (exact) mass is 460 g/mol. The number of unbranched alkanes of at least 4 members (excludes halogenated alkanes) is 1. The van der Waals surface area contributed by atoms with E-state index in [1.165, 1.54) is 15.8 Å². The molecular formula is C16H15Br2ClN2S. The number of thiophene rings is 1. The van der Waals surface area contributed by atoms with E-state index in [0.717, 1.165) is 51.0 Å². The molecule has 0 amide bonds. The normalized spacial score (nSPS) is 11.5. The van der Waals surface area contributed by atoms with Gasteiger partial charge in [0, 0.05) is 14.3 Å². The van der Waals surface area contributed by atoms with E-state index in [0.29, 0.717) is 0 Å². The molecule has 0 aliphatic rings. The van der Waals surface area contributed by atoms with E-state index in [-0.39, 0.29) is 0 Å². The minimum Gasteiger partial charge on any atom is -0.352 e. The number of H-pyrrole nitrogens is 1. The van der Waals surface area contributed by atoms with Crippen molar-refractivity contribution in [1.29, 1.82) is 0 Å². The maximum atomic E-state index is 6.42. The summed E-state index contributed by atoms with van der Waals surface area (Å²) < 4.78 is 2.11. The van der Waals surface area contributed by atoms with Crippen molar-refractivity contribution in [1.82, 2.24) is 4.98 Å². The molecule has 0 spiro atoms. The number of rotatable bonds is 5. The number of benzene rings is 1. The molecule has 0 saturated heterocycles. The number of fused-ring (bicyclic) bond motifs is 1. The van der Waals surface area contributed by atoms with Crippen LogP contribution in [-0.2, 0) is 6.42 Å². The van der Waals surface area contributed by atoms with Crippen LogP contribution in [0, 0.1) is 0 Å². The molecule has 0 radical (unpaired) electrons. The van der Waals surface area contributed by atoms with Crippen LogP contribution < -0.4 is 5.73 Å². The van der Waals surface area contributed by atoms with E-state index >= 15 is 0 Å². The number of hydrogen-bond acceptors (Lipinski definition) is 2. The van der Waals surface area contributed by atoms with E-state index in [9.17, 15) is 0 Å². The summed E-state index contributed by atoms with van der Waals surface area (Å²) in [7, 11) is 0. The average molecular weight is 463 g/mol. The number of aromatic amines is 1. The van der Waals surface area contributed by atoms with Gasteiger partial charge >= 0.3 is 0 Å². The van der Waals surface area contributed by atoms with Gasteiger partial charge in [0.05, 0.1) is 21.1 Å².